The molecule has 0 aliphatic heterocycles. The Bertz CT molecular complexity index is 1170. The Morgan fingerprint density at radius 3 is 2.25 bits per heavy atom. The van der Waals surface area contributed by atoms with E-state index in [1.165, 1.54) is 17.7 Å². The first kappa shape index (κ1) is 23.8. The first-order valence-electron chi connectivity index (χ1n) is 9.69. The molecule has 0 aliphatic rings. The highest BCUT2D eigenvalue weighted by Gasteiger charge is 2.16. The smallest absolute Gasteiger partial charge is 0.307 e. The molecule has 0 unspecified atom stereocenters. The number of amides is 1. The number of halogens is 2. The van der Waals surface area contributed by atoms with Crippen molar-refractivity contribution in [3.05, 3.63) is 85.3 Å². The summed E-state index contributed by atoms with van der Waals surface area (Å²) in [5, 5.41) is 22.0. The zero-order valence-corrected chi connectivity index (χ0v) is 20.6. The van der Waals surface area contributed by atoms with Crippen LogP contribution in [0.2, 0.25) is 0 Å². The summed E-state index contributed by atoms with van der Waals surface area (Å²) in [5.74, 6) is -0.767. The molecule has 0 fully saturated rings. The number of ether oxygens (including phenoxy) is 1. The first-order chi connectivity index (χ1) is 15.1. The molecule has 3 aromatic carbocycles. The molecule has 0 saturated heterocycles. The molecule has 6 nitrogen and oxygen atoms in total. The molecular weight excluding hydrogens is 542 g/mol. The third-order valence-corrected chi connectivity index (χ3v) is 6.05. The van der Waals surface area contributed by atoms with Crippen LogP contribution in [0.3, 0.4) is 0 Å². The van der Waals surface area contributed by atoms with E-state index < -0.39 is 11.9 Å². The molecule has 3 N–H and O–H groups in total. The summed E-state index contributed by atoms with van der Waals surface area (Å²) in [7, 11) is 0. The number of nitrogens with one attached hydrogen (secondary N) is 1. The number of carboxylic acids is 1. The lowest BCUT2D eigenvalue weighted by Gasteiger charge is -2.13. The van der Waals surface area contributed by atoms with Crippen LogP contribution in [-0.4, -0.2) is 22.1 Å². The molecule has 0 heterocycles. The predicted molar refractivity (Wildman–Crippen MR) is 128 cm³/mol. The van der Waals surface area contributed by atoms with Crippen LogP contribution in [-0.2, 0) is 17.8 Å². The number of carbonyl (C=O) groups excluding carboxylic acids is 1. The van der Waals surface area contributed by atoms with E-state index >= 15 is 0 Å². The fourth-order valence-corrected chi connectivity index (χ4v) is 4.50. The van der Waals surface area contributed by atoms with Crippen LogP contribution in [0.25, 0.3) is 0 Å². The fourth-order valence-electron chi connectivity index (χ4n) is 3.06. The molecule has 166 valence electrons. The number of aromatic hydroxyl groups is 1. The van der Waals surface area contributed by atoms with Gasteiger partial charge in [0, 0.05) is 6.54 Å². The number of hydrogen-bond donors (Lipinski definition) is 3. The summed E-state index contributed by atoms with van der Waals surface area (Å²) >= 11 is 6.78. The van der Waals surface area contributed by atoms with Crippen LogP contribution in [0.1, 0.15) is 32.6 Å². The van der Waals surface area contributed by atoms with Crippen LogP contribution < -0.4 is 10.1 Å². The van der Waals surface area contributed by atoms with Crippen molar-refractivity contribution in [1.82, 2.24) is 5.32 Å². The number of rotatable bonds is 7. The van der Waals surface area contributed by atoms with Crippen molar-refractivity contribution in [2.75, 3.05) is 0 Å². The lowest BCUT2D eigenvalue weighted by molar-refractivity contribution is -0.136. The molecule has 0 atom stereocenters. The zero-order chi connectivity index (χ0) is 23.4. The third kappa shape index (κ3) is 5.89. The quantitative estimate of drug-likeness (QED) is 0.334. The van der Waals surface area contributed by atoms with Gasteiger partial charge in [0.05, 0.1) is 20.9 Å². The van der Waals surface area contributed by atoms with E-state index in [1.54, 1.807) is 18.2 Å². The van der Waals surface area contributed by atoms with Gasteiger partial charge in [0.25, 0.3) is 5.91 Å². The van der Waals surface area contributed by atoms with Crippen molar-refractivity contribution >= 4 is 43.7 Å². The summed E-state index contributed by atoms with van der Waals surface area (Å²) in [4.78, 5) is 23.6. The van der Waals surface area contributed by atoms with Crippen LogP contribution in [0.15, 0.2) is 57.5 Å². The minimum absolute atomic E-state index is 0.0843. The zero-order valence-electron chi connectivity index (χ0n) is 17.4. The van der Waals surface area contributed by atoms with Gasteiger partial charge >= 0.3 is 5.97 Å². The second-order valence-electron chi connectivity index (χ2n) is 7.34. The molecule has 0 bridgehead atoms. The van der Waals surface area contributed by atoms with E-state index in [0.717, 1.165) is 11.1 Å². The molecular formula is C24H21Br2NO5. The largest absolute Gasteiger partial charge is 0.507 e. The van der Waals surface area contributed by atoms with Gasteiger partial charge in [0.2, 0.25) is 0 Å². The monoisotopic (exact) mass is 561 g/mol. The second kappa shape index (κ2) is 10.2. The molecule has 8 heteroatoms. The van der Waals surface area contributed by atoms with Crippen molar-refractivity contribution in [3.63, 3.8) is 0 Å². The van der Waals surface area contributed by atoms with Crippen molar-refractivity contribution < 1.29 is 24.5 Å². The van der Waals surface area contributed by atoms with Crippen LogP contribution in [0.4, 0.5) is 0 Å². The topological polar surface area (TPSA) is 95.9 Å². The van der Waals surface area contributed by atoms with Crippen molar-refractivity contribution in [2.45, 2.75) is 26.8 Å². The van der Waals surface area contributed by atoms with Gasteiger partial charge in [-0.25, -0.2) is 0 Å². The Hall–Kier alpha value is -2.84. The van der Waals surface area contributed by atoms with Crippen LogP contribution in [0.5, 0.6) is 17.2 Å². The molecule has 32 heavy (non-hydrogen) atoms. The highest BCUT2D eigenvalue weighted by atomic mass is 79.9. The Labute approximate surface area is 202 Å². The van der Waals surface area contributed by atoms with Gasteiger partial charge < -0.3 is 20.3 Å². The van der Waals surface area contributed by atoms with Crippen molar-refractivity contribution in [2.24, 2.45) is 0 Å². The van der Waals surface area contributed by atoms with Crippen molar-refractivity contribution in [1.29, 1.82) is 0 Å². The summed E-state index contributed by atoms with van der Waals surface area (Å²) in [6, 6.07) is 13.7. The van der Waals surface area contributed by atoms with E-state index in [2.05, 4.69) is 37.2 Å². The number of carboxylic acid groups (broad SMARTS) is 1. The number of aliphatic carboxylic acids is 1. The van der Waals surface area contributed by atoms with Crippen LogP contribution in [0, 0.1) is 13.8 Å². The van der Waals surface area contributed by atoms with Gasteiger partial charge in [-0.15, -0.1) is 0 Å². The Balaban J connectivity index is 1.77. The van der Waals surface area contributed by atoms with E-state index in [4.69, 9.17) is 9.84 Å². The maximum absolute atomic E-state index is 12.7. The van der Waals surface area contributed by atoms with E-state index in [9.17, 15) is 14.7 Å². The number of hydrogen-bond acceptors (Lipinski definition) is 4. The molecule has 0 aromatic heterocycles. The normalized spacial score (nSPS) is 10.6. The van der Waals surface area contributed by atoms with Gasteiger partial charge in [0.1, 0.15) is 11.5 Å². The number of aryl methyl sites for hydroxylation is 2. The number of carbonyl (C=O) groups is 2. The summed E-state index contributed by atoms with van der Waals surface area (Å²) in [6.07, 6.45) is -0.123. The predicted octanol–water partition coefficient (Wildman–Crippen LogP) is 5.88. The van der Waals surface area contributed by atoms with E-state index in [-0.39, 0.29) is 17.7 Å². The molecule has 0 saturated carbocycles. The summed E-state index contributed by atoms with van der Waals surface area (Å²) in [6.45, 7) is 4.36. The van der Waals surface area contributed by atoms with Gasteiger partial charge in [-0.05, 0) is 98.3 Å². The Morgan fingerprint density at radius 2 is 1.62 bits per heavy atom. The average molecular weight is 563 g/mol. The Morgan fingerprint density at radius 1 is 0.938 bits per heavy atom. The SMILES string of the molecule is Cc1ccc(CNC(=O)c2cc(Oc3c(Br)cc(CC(=O)O)cc3Br)ccc2O)cc1C. The minimum atomic E-state index is -0.938. The van der Waals surface area contributed by atoms with Crippen molar-refractivity contribution in [3.8, 4) is 17.2 Å². The molecule has 1 amide bonds. The molecule has 0 radical (unpaired) electrons. The summed E-state index contributed by atoms with van der Waals surface area (Å²) < 4.78 is 7.01. The minimum Gasteiger partial charge on any atom is -0.507 e. The third-order valence-electron chi connectivity index (χ3n) is 4.87. The maximum atomic E-state index is 12.7. The van der Waals surface area contributed by atoms with E-state index in [0.29, 0.717) is 32.6 Å². The molecule has 0 spiro atoms. The van der Waals surface area contributed by atoms with Gasteiger partial charge in [-0.3, -0.25) is 9.59 Å². The van der Waals surface area contributed by atoms with Gasteiger partial charge in [-0.1, -0.05) is 18.2 Å². The fraction of sp³-hybridized carbons (Fsp3) is 0.167. The second-order valence-corrected chi connectivity index (χ2v) is 9.05. The number of phenols is 1. The average Bonchev–Trinajstić information content (AvgIpc) is 2.72. The maximum Gasteiger partial charge on any atom is 0.307 e. The molecule has 3 rings (SSSR count). The van der Waals surface area contributed by atoms with E-state index in [1.807, 2.05) is 32.0 Å². The number of phenolic OH excluding ortho intramolecular Hbond substituents is 1. The molecule has 0 aliphatic carbocycles. The summed E-state index contributed by atoms with van der Waals surface area (Å²) in [5.41, 5.74) is 3.96. The lowest BCUT2D eigenvalue weighted by atomic mass is 10.1. The lowest BCUT2D eigenvalue weighted by Crippen LogP contribution is -2.23. The standard InChI is InChI=1S/C24H21Br2NO5/c1-13-3-4-15(7-14(13)2)12-27-24(31)18-11-17(5-6-21(18)28)32-23-19(25)8-16(9-20(23)26)10-22(29)30/h3-9,11,28H,10,12H2,1-2H3,(H,27,31)(H,29,30). The number of benzene rings is 3. The Kier molecular flexibility index (Phi) is 7.58. The van der Waals surface area contributed by atoms with Crippen LogP contribution >= 0.6 is 31.9 Å². The molecule has 3 aromatic rings. The first-order valence-corrected chi connectivity index (χ1v) is 11.3. The highest BCUT2D eigenvalue weighted by molar-refractivity contribution is 9.11. The van der Waals surface area contributed by atoms with Gasteiger partial charge in [-0.2, -0.15) is 0 Å². The van der Waals surface area contributed by atoms with Gasteiger partial charge in [0.15, 0.2) is 5.75 Å². The highest BCUT2D eigenvalue weighted by Crippen LogP contribution is 2.38.